The van der Waals surface area contributed by atoms with E-state index in [4.69, 9.17) is 9.47 Å². The third-order valence-electron chi connectivity index (χ3n) is 7.01. The highest BCUT2D eigenvalue weighted by Gasteiger charge is 2.32. The van der Waals surface area contributed by atoms with Gasteiger partial charge in [0.2, 0.25) is 5.91 Å². The number of aliphatic carboxylic acids is 1. The van der Waals surface area contributed by atoms with Crippen LogP contribution in [-0.2, 0) is 29.0 Å². The van der Waals surface area contributed by atoms with E-state index in [9.17, 15) is 32.3 Å². The van der Waals surface area contributed by atoms with Crippen molar-refractivity contribution >= 4 is 11.9 Å². The molecule has 2 aliphatic rings. The summed E-state index contributed by atoms with van der Waals surface area (Å²) < 4.78 is 64.5. The minimum atomic E-state index is -4.59. The normalized spacial score (nSPS) is 16.3. The number of fused-ring (bicyclic) bond motifs is 2. The first kappa shape index (κ1) is 26.5. The van der Waals surface area contributed by atoms with Crippen molar-refractivity contribution in [2.24, 2.45) is 0 Å². The van der Waals surface area contributed by atoms with Crippen molar-refractivity contribution in [3.05, 3.63) is 82.7 Å². The maximum atomic E-state index is 14.9. The number of carboxylic acid groups (broad SMARTS) is 1. The Morgan fingerprint density at radius 3 is 2.62 bits per heavy atom. The molecule has 204 valence electrons. The number of carbonyl (C=O) groups excluding carboxylic acids is 1. The Hall–Kier alpha value is -4.08. The van der Waals surface area contributed by atoms with Gasteiger partial charge in [-0.15, -0.1) is 0 Å². The first-order chi connectivity index (χ1) is 18.6. The molecule has 39 heavy (non-hydrogen) atoms. The van der Waals surface area contributed by atoms with Crippen molar-refractivity contribution in [3.8, 4) is 22.6 Å². The second-order valence-electron chi connectivity index (χ2n) is 9.67. The molecule has 0 aromatic heterocycles. The van der Waals surface area contributed by atoms with Gasteiger partial charge in [0, 0.05) is 36.6 Å². The van der Waals surface area contributed by atoms with Crippen LogP contribution in [0, 0.1) is 5.82 Å². The molecule has 3 aromatic carbocycles. The number of hydrogen-bond acceptors (Lipinski definition) is 4. The van der Waals surface area contributed by atoms with Crippen LogP contribution in [0.15, 0.2) is 54.6 Å². The van der Waals surface area contributed by atoms with Crippen molar-refractivity contribution in [3.63, 3.8) is 0 Å². The summed E-state index contributed by atoms with van der Waals surface area (Å²) in [7, 11) is 0. The Bertz CT molecular complexity index is 1420. The summed E-state index contributed by atoms with van der Waals surface area (Å²) in [5.41, 5.74) is 2.73. The van der Waals surface area contributed by atoms with Crippen LogP contribution in [0.1, 0.15) is 34.6 Å². The number of ether oxygens (including phenoxy) is 2. The number of para-hydroxylation sites is 1. The Morgan fingerprint density at radius 1 is 1.05 bits per heavy atom. The number of carboxylic acids is 1. The first-order valence-corrected chi connectivity index (χ1v) is 12.4. The van der Waals surface area contributed by atoms with Gasteiger partial charge in [-0.05, 0) is 52.9 Å². The van der Waals surface area contributed by atoms with Gasteiger partial charge in [-0.2, -0.15) is 13.2 Å². The molecule has 10 heteroatoms. The molecule has 0 saturated carbocycles. The summed E-state index contributed by atoms with van der Waals surface area (Å²) >= 11 is 0. The molecule has 0 radical (unpaired) electrons. The van der Waals surface area contributed by atoms with Crippen LogP contribution in [0.4, 0.5) is 17.6 Å². The van der Waals surface area contributed by atoms with Crippen molar-refractivity contribution in [2.45, 2.75) is 37.9 Å². The summed E-state index contributed by atoms with van der Waals surface area (Å²) in [6.45, 7) is -0.820. The number of alkyl halides is 3. The predicted octanol–water partition coefficient (Wildman–Crippen LogP) is 5.51. The zero-order valence-electron chi connectivity index (χ0n) is 20.8. The molecule has 1 unspecified atom stereocenters. The maximum absolute atomic E-state index is 14.9. The molecular formula is C29H25F4NO5. The summed E-state index contributed by atoms with van der Waals surface area (Å²) in [6.07, 6.45) is -4.52. The molecule has 0 fully saturated rings. The number of hydrogen-bond donors (Lipinski definition) is 1. The van der Waals surface area contributed by atoms with Crippen LogP contribution < -0.4 is 9.47 Å². The Labute approximate surface area is 221 Å². The van der Waals surface area contributed by atoms with Gasteiger partial charge < -0.3 is 19.5 Å². The molecule has 1 amide bonds. The highest BCUT2D eigenvalue weighted by molar-refractivity contribution is 5.81. The average Bonchev–Trinajstić information content (AvgIpc) is 3.30. The molecule has 2 heterocycles. The zero-order chi connectivity index (χ0) is 27.7. The number of amides is 1. The first-order valence-electron chi connectivity index (χ1n) is 12.4. The van der Waals surface area contributed by atoms with Gasteiger partial charge in [-0.25, -0.2) is 4.39 Å². The molecule has 0 spiro atoms. The Balaban J connectivity index is 1.46. The number of benzene rings is 3. The quantitative estimate of drug-likeness (QED) is 0.398. The van der Waals surface area contributed by atoms with E-state index in [1.165, 1.54) is 30.3 Å². The highest BCUT2D eigenvalue weighted by Crippen LogP contribution is 2.40. The minimum Gasteiger partial charge on any atom is -0.493 e. The number of carbonyl (C=O) groups is 2. The topological polar surface area (TPSA) is 76.1 Å². The largest absolute Gasteiger partial charge is 0.493 e. The lowest BCUT2D eigenvalue weighted by molar-refractivity contribution is -0.153. The second-order valence-corrected chi connectivity index (χ2v) is 9.67. The zero-order valence-corrected chi connectivity index (χ0v) is 20.8. The monoisotopic (exact) mass is 543 g/mol. The third-order valence-corrected chi connectivity index (χ3v) is 7.01. The van der Waals surface area contributed by atoms with Crippen LogP contribution in [0.25, 0.3) is 11.1 Å². The van der Waals surface area contributed by atoms with E-state index < -0.39 is 24.6 Å². The van der Waals surface area contributed by atoms with Crippen LogP contribution in [-0.4, -0.2) is 47.8 Å². The molecule has 0 aliphatic carbocycles. The molecule has 5 rings (SSSR count). The van der Waals surface area contributed by atoms with E-state index >= 15 is 0 Å². The molecule has 0 bridgehead atoms. The molecule has 6 nitrogen and oxygen atoms in total. The van der Waals surface area contributed by atoms with Gasteiger partial charge in [0.1, 0.15) is 17.3 Å². The van der Waals surface area contributed by atoms with Crippen molar-refractivity contribution < 1.29 is 41.7 Å². The molecule has 2 aliphatic heterocycles. The van der Waals surface area contributed by atoms with Gasteiger partial charge in [0.05, 0.1) is 13.0 Å². The molecule has 0 saturated heterocycles. The van der Waals surface area contributed by atoms with Gasteiger partial charge in [0.15, 0.2) is 6.61 Å². The summed E-state index contributed by atoms with van der Waals surface area (Å²) in [4.78, 5) is 26.2. The van der Waals surface area contributed by atoms with Gasteiger partial charge >= 0.3 is 12.1 Å². The fraction of sp³-hybridized carbons (Fsp3) is 0.310. The standard InChI is InChI=1S/C29H25F4NO5/c30-24-7-6-20(22-11-17(12-28(36)37)5-8-26(22)39-16-29(31,32)33)23-14-34(10-9-21(23)24)27(35)13-18-15-38-25-4-2-1-3-19(18)25/h1-8,11,18H,9-10,12-16H2,(H,36,37). The summed E-state index contributed by atoms with van der Waals surface area (Å²) in [6, 6.07) is 14.3. The SMILES string of the molecule is O=C(O)Cc1ccc(OCC(F)(F)F)c(-c2ccc(F)c3c2CN(C(=O)CC2COc4ccccc42)CC3)c1. The smallest absolute Gasteiger partial charge is 0.422 e. The molecule has 1 atom stereocenters. The van der Waals surface area contributed by atoms with Crippen LogP contribution in [0.2, 0.25) is 0 Å². The van der Waals surface area contributed by atoms with E-state index in [0.717, 1.165) is 11.3 Å². The predicted molar refractivity (Wildman–Crippen MR) is 133 cm³/mol. The van der Waals surface area contributed by atoms with Crippen LogP contribution in [0.3, 0.4) is 0 Å². The van der Waals surface area contributed by atoms with E-state index in [2.05, 4.69) is 0 Å². The number of halogens is 4. The second kappa shape index (κ2) is 10.6. The molecule has 3 aromatic rings. The average molecular weight is 544 g/mol. The number of rotatable bonds is 7. The summed E-state index contributed by atoms with van der Waals surface area (Å²) in [5.74, 6) is -1.21. The molecular weight excluding hydrogens is 518 g/mol. The third kappa shape index (κ3) is 5.84. The van der Waals surface area contributed by atoms with Crippen LogP contribution >= 0.6 is 0 Å². The highest BCUT2D eigenvalue weighted by atomic mass is 19.4. The maximum Gasteiger partial charge on any atom is 0.422 e. The van der Waals surface area contributed by atoms with E-state index in [0.29, 0.717) is 28.9 Å². The van der Waals surface area contributed by atoms with Gasteiger partial charge in [-0.3, -0.25) is 9.59 Å². The van der Waals surface area contributed by atoms with Crippen molar-refractivity contribution in [1.82, 2.24) is 4.90 Å². The van der Waals surface area contributed by atoms with E-state index in [1.54, 1.807) is 4.90 Å². The minimum absolute atomic E-state index is 0.0539. The van der Waals surface area contributed by atoms with Crippen molar-refractivity contribution in [2.75, 3.05) is 19.8 Å². The lowest BCUT2D eigenvalue weighted by Crippen LogP contribution is -2.37. The lowest BCUT2D eigenvalue weighted by Gasteiger charge is -2.32. The van der Waals surface area contributed by atoms with Crippen molar-refractivity contribution in [1.29, 1.82) is 0 Å². The number of nitrogens with zero attached hydrogens (tertiary/aromatic N) is 1. The lowest BCUT2D eigenvalue weighted by atomic mass is 9.89. The Kier molecular flexibility index (Phi) is 7.20. The fourth-order valence-electron chi connectivity index (χ4n) is 5.19. The fourth-order valence-corrected chi connectivity index (χ4v) is 5.19. The summed E-state index contributed by atoms with van der Waals surface area (Å²) in [5, 5.41) is 9.23. The molecule has 1 N–H and O–H groups in total. The van der Waals surface area contributed by atoms with Gasteiger partial charge in [0.25, 0.3) is 0 Å². The van der Waals surface area contributed by atoms with Gasteiger partial charge in [-0.1, -0.05) is 30.3 Å². The Morgan fingerprint density at radius 2 is 1.85 bits per heavy atom. The van der Waals surface area contributed by atoms with E-state index in [-0.39, 0.29) is 55.5 Å². The van der Waals surface area contributed by atoms with Crippen LogP contribution in [0.5, 0.6) is 11.5 Å². The van der Waals surface area contributed by atoms with E-state index in [1.807, 2.05) is 24.3 Å².